The molecule has 0 aromatic heterocycles. The van der Waals surface area contributed by atoms with Gasteiger partial charge in [-0.2, -0.15) is 0 Å². The molecule has 2 rings (SSSR count). The third-order valence-corrected chi connectivity index (χ3v) is 3.13. The second-order valence-electron chi connectivity index (χ2n) is 4.63. The Morgan fingerprint density at radius 3 is 2.81 bits per heavy atom. The van der Waals surface area contributed by atoms with E-state index in [1.54, 1.807) is 6.07 Å². The number of hydrogen-bond acceptors (Lipinski definition) is 3. The largest absolute Gasteiger partial charge is 0.508 e. The number of nitrogens with one attached hydrogen (secondary N) is 1. The first kappa shape index (κ1) is 15.2. The lowest BCUT2D eigenvalue weighted by molar-refractivity contribution is -0.116. The number of phenolic OH excluding ortho intramolecular Hbond substituents is 1. The number of carbonyl (C=O) groups excluding carboxylic acids is 1. The number of halogens is 1. The SMILES string of the molecule is Cc1cccc(OCCC(=O)Nc2ccc(O)cc2Cl)c1. The van der Waals surface area contributed by atoms with E-state index in [9.17, 15) is 9.90 Å². The number of amides is 1. The van der Waals surface area contributed by atoms with E-state index in [1.807, 2.05) is 31.2 Å². The fourth-order valence-electron chi connectivity index (χ4n) is 1.78. The standard InChI is InChI=1S/C16H16ClNO3/c1-11-3-2-4-13(9-11)21-8-7-16(20)18-15-6-5-12(19)10-14(15)17/h2-6,9-10,19H,7-8H2,1H3,(H,18,20). The molecule has 0 aliphatic carbocycles. The molecule has 0 saturated heterocycles. The van der Waals surface area contributed by atoms with E-state index >= 15 is 0 Å². The van der Waals surface area contributed by atoms with Crippen LogP contribution in [0.25, 0.3) is 0 Å². The lowest BCUT2D eigenvalue weighted by atomic mass is 10.2. The Kier molecular flexibility index (Phi) is 5.06. The van der Waals surface area contributed by atoms with Gasteiger partial charge in [-0.3, -0.25) is 4.79 Å². The van der Waals surface area contributed by atoms with Gasteiger partial charge in [0.2, 0.25) is 5.91 Å². The first-order chi connectivity index (χ1) is 10.0. The predicted octanol–water partition coefficient (Wildman–Crippen LogP) is 3.76. The average Bonchev–Trinajstić information content (AvgIpc) is 2.42. The Morgan fingerprint density at radius 2 is 2.10 bits per heavy atom. The van der Waals surface area contributed by atoms with Gasteiger partial charge in [0.05, 0.1) is 23.7 Å². The molecule has 0 aliphatic heterocycles. The first-order valence-electron chi connectivity index (χ1n) is 6.52. The highest BCUT2D eigenvalue weighted by Gasteiger charge is 2.07. The summed E-state index contributed by atoms with van der Waals surface area (Å²) >= 11 is 5.91. The molecule has 0 atom stereocenters. The van der Waals surface area contributed by atoms with Crippen LogP contribution in [0.5, 0.6) is 11.5 Å². The van der Waals surface area contributed by atoms with Gasteiger partial charge >= 0.3 is 0 Å². The highest BCUT2D eigenvalue weighted by Crippen LogP contribution is 2.26. The summed E-state index contributed by atoms with van der Waals surface area (Å²) in [6.45, 7) is 2.26. The van der Waals surface area contributed by atoms with Gasteiger partial charge in [0.1, 0.15) is 11.5 Å². The van der Waals surface area contributed by atoms with Crippen LogP contribution in [-0.4, -0.2) is 17.6 Å². The summed E-state index contributed by atoms with van der Waals surface area (Å²) in [6.07, 6.45) is 0.213. The summed E-state index contributed by atoms with van der Waals surface area (Å²) in [6, 6.07) is 12.0. The normalized spacial score (nSPS) is 10.2. The third kappa shape index (κ3) is 4.68. The topological polar surface area (TPSA) is 58.6 Å². The average molecular weight is 306 g/mol. The molecular weight excluding hydrogens is 290 g/mol. The molecule has 110 valence electrons. The molecule has 0 fully saturated rings. The molecule has 0 bridgehead atoms. The minimum atomic E-state index is -0.199. The van der Waals surface area contributed by atoms with Crippen LogP contribution in [-0.2, 0) is 4.79 Å². The molecule has 0 radical (unpaired) electrons. The van der Waals surface area contributed by atoms with Crippen molar-refractivity contribution in [2.24, 2.45) is 0 Å². The molecule has 4 nitrogen and oxygen atoms in total. The van der Waals surface area contributed by atoms with Crippen molar-refractivity contribution in [2.45, 2.75) is 13.3 Å². The van der Waals surface area contributed by atoms with Crippen molar-refractivity contribution in [3.05, 3.63) is 53.1 Å². The Hall–Kier alpha value is -2.20. The number of anilines is 1. The monoisotopic (exact) mass is 305 g/mol. The van der Waals surface area contributed by atoms with Crippen molar-refractivity contribution in [3.63, 3.8) is 0 Å². The van der Waals surface area contributed by atoms with E-state index in [4.69, 9.17) is 16.3 Å². The van der Waals surface area contributed by atoms with Crippen LogP contribution in [0.15, 0.2) is 42.5 Å². The first-order valence-corrected chi connectivity index (χ1v) is 6.90. The van der Waals surface area contributed by atoms with Crippen LogP contribution in [0, 0.1) is 6.92 Å². The molecule has 2 N–H and O–H groups in total. The summed E-state index contributed by atoms with van der Waals surface area (Å²) in [5, 5.41) is 12.2. The van der Waals surface area contributed by atoms with Crippen molar-refractivity contribution >= 4 is 23.2 Å². The van der Waals surface area contributed by atoms with Crippen LogP contribution in [0.4, 0.5) is 5.69 Å². The van der Waals surface area contributed by atoms with Gasteiger partial charge < -0.3 is 15.2 Å². The van der Waals surface area contributed by atoms with Crippen molar-refractivity contribution < 1.29 is 14.6 Å². The molecule has 1 amide bonds. The fourth-order valence-corrected chi connectivity index (χ4v) is 2.01. The number of aryl methyl sites for hydroxylation is 1. The number of phenols is 1. The van der Waals surface area contributed by atoms with Crippen molar-refractivity contribution in [1.29, 1.82) is 0 Å². The minimum absolute atomic E-state index is 0.0563. The molecule has 0 unspecified atom stereocenters. The number of carbonyl (C=O) groups is 1. The van der Waals surface area contributed by atoms with Gasteiger partial charge in [-0.1, -0.05) is 23.7 Å². The molecular formula is C16H16ClNO3. The molecule has 21 heavy (non-hydrogen) atoms. The number of aromatic hydroxyl groups is 1. The molecule has 2 aromatic rings. The fraction of sp³-hybridized carbons (Fsp3) is 0.188. The zero-order valence-corrected chi connectivity index (χ0v) is 12.4. The smallest absolute Gasteiger partial charge is 0.227 e. The Labute approximate surface area is 128 Å². The van der Waals surface area contributed by atoms with E-state index in [2.05, 4.69) is 5.32 Å². The molecule has 0 saturated carbocycles. The number of benzene rings is 2. The summed E-state index contributed by atoms with van der Waals surface area (Å²) in [5.74, 6) is 0.599. The summed E-state index contributed by atoms with van der Waals surface area (Å²) in [7, 11) is 0. The van der Waals surface area contributed by atoms with E-state index in [1.165, 1.54) is 12.1 Å². The lowest BCUT2D eigenvalue weighted by Crippen LogP contribution is -2.15. The highest BCUT2D eigenvalue weighted by atomic mass is 35.5. The summed E-state index contributed by atoms with van der Waals surface area (Å²) < 4.78 is 5.51. The highest BCUT2D eigenvalue weighted by molar-refractivity contribution is 6.33. The zero-order chi connectivity index (χ0) is 15.2. The number of ether oxygens (including phenoxy) is 1. The maximum Gasteiger partial charge on any atom is 0.227 e. The Morgan fingerprint density at radius 1 is 1.29 bits per heavy atom. The molecule has 0 spiro atoms. The van der Waals surface area contributed by atoms with Gasteiger partial charge in [-0.15, -0.1) is 0 Å². The van der Waals surface area contributed by atoms with Gasteiger partial charge in [-0.25, -0.2) is 0 Å². The summed E-state index contributed by atoms with van der Waals surface area (Å²) in [4.78, 5) is 11.8. The predicted molar refractivity (Wildman–Crippen MR) is 83.0 cm³/mol. The number of hydrogen-bond donors (Lipinski definition) is 2. The molecule has 0 aliphatic rings. The summed E-state index contributed by atoms with van der Waals surface area (Å²) in [5.41, 5.74) is 1.57. The van der Waals surface area contributed by atoms with Crippen LogP contribution in [0.1, 0.15) is 12.0 Å². The van der Waals surface area contributed by atoms with E-state index in [-0.39, 0.29) is 24.7 Å². The van der Waals surface area contributed by atoms with Crippen molar-refractivity contribution in [2.75, 3.05) is 11.9 Å². The Bertz CT molecular complexity index is 643. The lowest BCUT2D eigenvalue weighted by Gasteiger charge is -2.09. The van der Waals surface area contributed by atoms with Gasteiger partial charge in [0.25, 0.3) is 0 Å². The van der Waals surface area contributed by atoms with Crippen LogP contribution < -0.4 is 10.1 Å². The van der Waals surface area contributed by atoms with Gasteiger partial charge in [-0.05, 0) is 36.8 Å². The quantitative estimate of drug-likeness (QED) is 0.827. The van der Waals surface area contributed by atoms with E-state index in [0.717, 1.165) is 11.3 Å². The minimum Gasteiger partial charge on any atom is -0.508 e. The second-order valence-corrected chi connectivity index (χ2v) is 5.03. The van der Waals surface area contributed by atoms with Crippen LogP contribution >= 0.6 is 11.6 Å². The second kappa shape index (κ2) is 6.99. The Balaban J connectivity index is 1.82. The van der Waals surface area contributed by atoms with Crippen molar-refractivity contribution in [1.82, 2.24) is 0 Å². The zero-order valence-electron chi connectivity index (χ0n) is 11.6. The van der Waals surface area contributed by atoms with Crippen LogP contribution in [0.3, 0.4) is 0 Å². The molecule has 2 aromatic carbocycles. The van der Waals surface area contributed by atoms with Gasteiger partial charge in [0, 0.05) is 6.07 Å². The van der Waals surface area contributed by atoms with E-state index < -0.39 is 0 Å². The van der Waals surface area contributed by atoms with Crippen molar-refractivity contribution in [3.8, 4) is 11.5 Å². The molecule has 0 heterocycles. The van der Waals surface area contributed by atoms with Gasteiger partial charge in [0.15, 0.2) is 0 Å². The van der Waals surface area contributed by atoms with Crippen LogP contribution in [0.2, 0.25) is 5.02 Å². The third-order valence-electron chi connectivity index (χ3n) is 2.81. The number of rotatable bonds is 5. The molecule has 5 heteroatoms. The maximum absolute atomic E-state index is 11.8. The van der Waals surface area contributed by atoms with E-state index in [0.29, 0.717) is 10.7 Å². The maximum atomic E-state index is 11.8.